The molecule has 12 rings (SSSR count). The fourth-order valence-electron chi connectivity index (χ4n) is 17.2. The van der Waals surface area contributed by atoms with Gasteiger partial charge < -0.3 is 18.9 Å². The van der Waals surface area contributed by atoms with E-state index in [9.17, 15) is 62.3 Å². The molecule has 0 radical (unpaired) electrons. The first-order chi connectivity index (χ1) is 43.0. The zero-order valence-corrected chi connectivity index (χ0v) is 51.9. The van der Waals surface area contributed by atoms with Crippen LogP contribution >= 0.6 is 0 Å². The van der Waals surface area contributed by atoms with Gasteiger partial charge in [0.05, 0.1) is 44.5 Å². The summed E-state index contributed by atoms with van der Waals surface area (Å²) in [6.45, 7) is 11.7. The van der Waals surface area contributed by atoms with Gasteiger partial charge in [0.2, 0.25) is 0 Å². The summed E-state index contributed by atoms with van der Waals surface area (Å²) in [7, 11) is 0. The number of carbonyl (C=O) groups is 13. The molecule has 91 heavy (non-hydrogen) atoms. The van der Waals surface area contributed by atoms with Crippen molar-refractivity contribution >= 4 is 76.9 Å². The van der Waals surface area contributed by atoms with E-state index in [1.807, 2.05) is 20.8 Å². The Kier molecular flexibility index (Phi) is 15.2. The molecule has 3 saturated carbocycles. The van der Waals surface area contributed by atoms with Gasteiger partial charge in [-0.05, 0) is 129 Å². The molecular weight excluding hydrogens is 1170 g/mol. The number of rotatable bonds is 17. The maximum Gasteiger partial charge on any atom is 0.326 e. The highest BCUT2D eigenvalue weighted by Gasteiger charge is 2.70. The van der Waals surface area contributed by atoms with E-state index in [1.165, 1.54) is 62.4 Å². The van der Waals surface area contributed by atoms with Crippen LogP contribution in [0.2, 0.25) is 0 Å². The normalized spacial score (nSPS) is 26.4. The Hall–Kier alpha value is -9.27. The molecule has 4 aliphatic heterocycles. The van der Waals surface area contributed by atoms with Crippen molar-refractivity contribution in [3.8, 4) is 0 Å². The number of fused-ring (bicyclic) bond motifs is 9. The number of nitrogens with zero attached hydrogens (tertiary/aromatic N) is 4. The first-order valence-corrected chi connectivity index (χ1v) is 30.9. The van der Waals surface area contributed by atoms with Gasteiger partial charge in [0.15, 0.2) is 6.10 Å². The van der Waals surface area contributed by atoms with Crippen LogP contribution in [0.15, 0.2) is 108 Å². The maximum atomic E-state index is 14.7. The molecule has 0 spiro atoms. The predicted molar refractivity (Wildman–Crippen MR) is 320 cm³/mol. The van der Waals surface area contributed by atoms with Gasteiger partial charge in [0, 0.05) is 24.2 Å². The molecule has 0 N–H and O–H groups in total. The quantitative estimate of drug-likeness (QED) is 0.0417. The molecule has 4 aromatic rings. The Balaban J connectivity index is 0.911. The number of amides is 8. The number of carbonyl (C=O) groups excluding carboxylic acids is 13. The van der Waals surface area contributed by atoms with Gasteiger partial charge in [-0.25, -0.2) is 0 Å². The van der Waals surface area contributed by atoms with Crippen molar-refractivity contribution < 1.29 is 81.3 Å². The third kappa shape index (κ3) is 9.91. The number of allylic oxidation sites excluding steroid dienone is 1. The fourth-order valence-corrected chi connectivity index (χ4v) is 17.2. The molecular formula is C70H70N4O17. The number of esters is 4. The molecule has 9 atom stereocenters. The van der Waals surface area contributed by atoms with Crippen molar-refractivity contribution in [3.05, 3.63) is 153 Å². The average Bonchev–Trinajstić information content (AvgIpc) is 1.62. The molecule has 0 aromatic heterocycles. The summed E-state index contributed by atoms with van der Waals surface area (Å²) in [5.74, 6) is -11.2. The zero-order valence-electron chi connectivity index (χ0n) is 51.9. The Labute approximate surface area is 524 Å². The smallest absolute Gasteiger partial charge is 0.326 e. The van der Waals surface area contributed by atoms with Crippen LogP contribution in [0.4, 0.5) is 0 Å². The molecule has 472 valence electrons. The van der Waals surface area contributed by atoms with Crippen LogP contribution < -0.4 is 0 Å². The van der Waals surface area contributed by atoms with E-state index in [2.05, 4.69) is 20.8 Å². The van der Waals surface area contributed by atoms with E-state index in [1.54, 1.807) is 48.5 Å². The van der Waals surface area contributed by atoms with Crippen LogP contribution in [-0.4, -0.2) is 147 Å². The van der Waals surface area contributed by atoms with Crippen LogP contribution in [-0.2, 0) is 42.9 Å². The summed E-state index contributed by atoms with van der Waals surface area (Å²) in [4.78, 5) is 185. The van der Waals surface area contributed by atoms with E-state index < -0.39 is 149 Å². The molecule has 0 saturated heterocycles. The highest BCUT2D eigenvalue weighted by Crippen LogP contribution is 2.74. The van der Waals surface area contributed by atoms with Gasteiger partial charge in [-0.2, -0.15) is 0 Å². The minimum atomic E-state index is -2.08. The van der Waals surface area contributed by atoms with Crippen LogP contribution in [0.3, 0.4) is 0 Å². The second-order valence-corrected chi connectivity index (χ2v) is 27.3. The minimum absolute atomic E-state index is 0.0358. The molecule has 8 aliphatic rings. The lowest BCUT2D eigenvalue weighted by Gasteiger charge is -2.69. The van der Waals surface area contributed by atoms with Gasteiger partial charge in [-0.3, -0.25) is 81.9 Å². The van der Waals surface area contributed by atoms with Crippen LogP contribution in [0.25, 0.3) is 0 Å². The highest BCUT2D eigenvalue weighted by molar-refractivity contribution is 6.24. The number of Topliss-reactive ketones (excluding diaryl/α,β-unsaturated/α-hetero) is 1. The maximum absolute atomic E-state index is 14.7. The number of ketones is 1. The van der Waals surface area contributed by atoms with Crippen molar-refractivity contribution in [1.82, 2.24) is 19.6 Å². The first kappa shape index (κ1) is 61.9. The monoisotopic (exact) mass is 1240 g/mol. The molecule has 4 heterocycles. The lowest BCUT2D eigenvalue weighted by atomic mass is 9.36. The van der Waals surface area contributed by atoms with Crippen LogP contribution in [0.1, 0.15) is 190 Å². The number of hydrogen-bond donors (Lipinski definition) is 0. The average molecular weight is 1240 g/mol. The van der Waals surface area contributed by atoms with Crippen molar-refractivity contribution in [1.29, 1.82) is 0 Å². The van der Waals surface area contributed by atoms with Crippen molar-refractivity contribution in [2.45, 2.75) is 131 Å². The zero-order chi connectivity index (χ0) is 65.2. The molecule has 4 aromatic carbocycles. The summed E-state index contributed by atoms with van der Waals surface area (Å²) in [6, 6.07) is 24.3. The second kappa shape index (κ2) is 22.3. The number of benzene rings is 4. The van der Waals surface area contributed by atoms with Crippen molar-refractivity contribution in [3.63, 3.8) is 0 Å². The Morgan fingerprint density at radius 1 is 0.516 bits per heavy atom. The van der Waals surface area contributed by atoms with Gasteiger partial charge in [-0.1, -0.05) is 101 Å². The molecule has 0 bridgehead atoms. The molecule has 4 aliphatic carbocycles. The molecule has 8 amide bonds. The lowest BCUT2D eigenvalue weighted by molar-refractivity contribution is -0.218. The van der Waals surface area contributed by atoms with E-state index in [0.717, 1.165) is 16.0 Å². The lowest BCUT2D eigenvalue weighted by Crippen LogP contribution is -2.66. The standard InChI is InChI=1S/C70H70N4O17/c1-37(38-25-29-69(7)47(38)32-48(88-52(76)33-71-58(80)39-17-9-10-18-40(39)59(71)81)56-68(6)28-27-51(75)66(2,3)50(68)26-30-70(56,69)8)31-49(89-53(77)34-72-60(82)41-19-11-12-20-42(41)61(72)83)57(90-54(78)35-73-62(84)43-21-13-14-22-44(43)63(73)85)67(4,5)91-55(79)36-74-64(86)45-23-15-16-24-46(45)65(74)87/h9-24,37,48-50,56-57H,25-36H2,1-8H3/t37-,48+,49+,50+,56+,57-,68+,69+,70+/m1/s1. The van der Waals surface area contributed by atoms with E-state index >= 15 is 0 Å². The Morgan fingerprint density at radius 3 is 1.32 bits per heavy atom. The van der Waals surface area contributed by atoms with Gasteiger partial charge in [0.25, 0.3) is 47.3 Å². The van der Waals surface area contributed by atoms with Gasteiger partial charge >= 0.3 is 23.9 Å². The van der Waals surface area contributed by atoms with E-state index in [0.29, 0.717) is 53.2 Å². The SMILES string of the molecule is C[C@H](C[C@H](OC(=O)CN1C(=O)c2ccccc2C1=O)[C@@H](OC(=O)CN1C(=O)c2ccccc2C1=O)C(C)(C)OC(=O)CN1C(=O)c2ccccc2C1=O)C1=C2C[C@H](OC(=O)CN3C(=O)c4ccccc4C3=O)[C@H]3[C@@]4(C)CCC(=O)C(C)(C)[C@@H]4CC[C@]3(C)[C@@]2(C)CC1. The highest BCUT2D eigenvalue weighted by atomic mass is 16.6. The summed E-state index contributed by atoms with van der Waals surface area (Å²) >= 11 is 0. The third-order valence-corrected chi connectivity index (χ3v) is 21.7. The Morgan fingerprint density at radius 2 is 0.901 bits per heavy atom. The summed E-state index contributed by atoms with van der Waals surface area (Å²) in [5.41, 5.74) is -2.11. The molecule has 0 unspecified atom stereocenters. The summed E-state index contributed by atoms with van der Waals surface area (Å²) in [6.07, 6.45) is -1.17. The summed E-state index contributed by atoms with van der Waals surface area (Å²) in [5, 5.41) is 0. The number of imide groups is 4. The van der Waals surface area contributed by atoms with Gasteiger partial charge in [0.1, 0.15) is 49.8 Å². The topological polar surface area (TPSA) is 272 Å². The van der Waals surface area contributed by atoms with Crippen molar-refractivity contribution in [2.75, 3.05) is 26.2 Å². The van der Waals surface area contributed by atoms with E-state index in [4.69, 9.17) is 18.9 Å². The Bertz CT molecular complexity index is 3830. The molecule has 21 nitrogen and oxygen atoms in total. The van der Waals surface area contributed by atoms with Crippen molar-refractivity contribution in [2.24, 2.45) is 39.4 Å². The van der Waals surface area contributed by atoms with Gasteiger partial charge in [-0.15, -0.1) is 0 Å². The minimum Gasteiger partial charge on any atom is -0.460 e. The van der Waals surface area contributed by atoms with E-state index in [-0.39, 0.29) is 75.0 Å². The predicted octanol–water partition coefficient (Wildman–Crippen LogP) is 8.18. The first-order valence-electron chi connectivity index (χ1n) is 30.9. The largest absolute Gasteiger partial charge is 0.460 e. The van der Waals surface area contributed by atoms with Crippen LogP contribution in [0.5, 0.6) is 0 Å². The van der Waals surface area contributed by atoms with Crippen LogP contribution in [0, 0.1) is 39.4 Å². The number of hydrogen-bond acceptors (Lipinski definition) is 17. The second-order valence-electron chi connectivity index (χ2n) is 27.3. The fraction of sp³-hybridized carbons (Fsp3) is 0.443. The molecule has 21 heteroatoms. The number of ether oxygens (including phenoxy) is 4. The molecule has 3 fully saturated rings. The third-order valence-electron chi connectivity index (χ3n) is 21.7. The summed E-state index contributed by atoms with van der Waals surface area (Å²) < 4.78 is 25.5.